The highest BCUT2D eigenvalue weighted by atomic mass is 79.9. The van der Waals surface area contributed by atoms with Gasteiger partial charge in [-0.3, -0.25) is 9.10 Å². The molecule has 1 N–H and O–H groups in total. The standard InChI is InChI=1S/C19H15BrF3NO5S/c20-11-4-5-16-15(7-11)24(9-17(29-16)13-8-14(13)18(25)26)30(27,28)12-3-1-2-10(6-12)19(21,22)23/h1-7,13-14,17H,8-9H2,(H,25,26)/t13-,14-,17-/m1/s1. The molecule has 0 bridgehead atoms. The Hall–Kier alpha value is -2.27. The minimum Gasteiger partial charge on any atom is -0.486 e. The summed E-state index contributed by atoms with van der Waals surface area (Å²) in [5.74, 6) is -1.78. The van der Waals surface area contributed by atoms with Crippen LogP contribution in [-0.2, 0) is 21.0 Å². The number of ether oxygens (including phenoxy) is 1. The van der Waals surface area contributed by atoms with Gasteiger partial charge < -0.3 is 9.84 Å². The molecule has 160 valence electrons. The Bertz CT molecular complexity index is 1120. The van der Waals surface area contributed by atoms with Gasteiger partial charge in [-0.05, 0) is 42.8 Å². The normalized spacial score (nSPS) is 23.5. The molecule has 11 heteroatoms. The summed E-state index contributed by atoms with van der Waals surface area (Å²) in [6.45, 7) is -0.198. The van der Waals surface area contributed by atoms with Crippen molar-refractivity contribution in [2.75, 3.05) is 10.8 Å². The van der Waals surface area contributed by atoms with Crippen molar-refractivity contribution in [3.63, 3.8) is 0 Å². The van der Waals surface area contributed by atoms with Crippen LogP contribution in [0.15, 0.2) is 51.8 Å². The Labute approximate surface area is 178 Å². The highest BCUT2D eigenvalue weighted by Crippen LogP contribution is 2.48. The van der Waals surface area contributed by atoms with Crippen molar-refractivity contribution in [3.05, 3.63) is 52.5 Å². The van der Waals surface area contributed by atoms with E-state index in [9.17, 15) is 31.5 Å². The number of alkyl halides is 3. The number of hydrogen-bond acceptors (Lipinski definition) is 4. The second-order valence-corrected chi connectivity index (χ2v) is 9.95. The Morgan fingerprint density at radius 3 is 2.57 bits per heavy atom. The van der Waals surface area contributed by atoms with E-state index in [2.05, 4.69) is 15.9 Å². The summed E-state index contributed by atoms with van der Waals surface area (Å²) < 4.78 is 73.3. The molecule has 6 nitrogen and oxygen atoms in total. The van der Waals surface area contributed by atoms with Gasteiger partial charge in [0.25, 0.3) is 10.0 Å². The van der Waals surface area contributed by atoms with Crippen LogP contribution < -0.4 is 9.04 Å². The van der Waals surface area contributed by atoms with Crippen LogP contribution in [0.3, 0.4) is 0 Å². The molecular weight excluding hydrogens is 491 g/mol. The molecule has 2 aromatic rings. The number of benzene rings is 2. The van der Waals surface area contributed by atoms with Gasteiger partial charge in [0.2, 0.25) is 0 Å². The highest BCUT2D eigenvalue weighted by Gasteiger charge is 2.52. The lowest BCUT2D eigenvalue weighted by Gasteiger charge is -2.36. The van der Waals surface area contributed by atoms with Gasteiger partial charge in [-0.2, -0.15) is 13.2 Å². The molecule has 1 fully saturated rings. The van der Waals surface area contributed by atoms with E-state index in [0.29, 0.717) is 17.0 Å². The monoisotopic (exact) mass is 505 g/mol. The molecule has 0 amide bonds. The lowest BCUT2D eigenvalue weighted by molar-refractivity contribution is -0.139. The zero-order valence-corrected chi connectivity index (χ0v) is 17.5. The number of sulfonamides is 1. The maximum absolute atomic E-state index is 13.3. The number of halogens is 4. The predicted octanol–water partition coefficient (Wildman–Crippen LogP) is 4.14. The summed E-state index contributed by atoms with van der Waals surface area (Å²) in [6, 6.07) is 8.21. The summed E-state index contributed by atoms with van der Waals surface area (Å²) in [5.41, 5.74) is -0.901. The molecule has 30 heavy (non-hydrogen) atoms. The molecule has 1 heterocycles. The number of carbonyl (C=O) groups is 1. The second kappa shape index (κ2) is 7.16. The molecule has 0 aromatic heterocycles. The number of carboxylic acid groups (broad SMARTS) is 1. The topological polar surface area (TPSA) is 83.9 Å². The van der Waals surface area contributed by atoms with Crippen LogP contribution in [0, 0.1) is 11.8 Å². The number of carboxylic acids is 1. The van der Waals surface area contributed by atoms with E-state index in [-0.39, 0.29) is 23.9 Å². The van der Waals surface area contributed by atoms with Crippen molar-refractivity contribution < 1.29 is 36.2 Å². The van der Waals surface area contributed by atoms with Crippen molar-refractivity contribution in [1.29, 1.82) is 0 Å². The first-order valence-electron chi connectivity index (χ1n) is 8.87. The predicted molar refractivity (Wildman–Crippen MR) is 104 cm³/mol. The van der Waals surface area contributed by atoms with Gasteiger partial charge in [0, 0.05) is 10.4 Å². The van der Waals surface area contributed by atoms with E-state index in [1.165, 1.54) is 6.07 Å². The van der Waals surface area contributed by atoms with Crippen LogP contribution in [0.1, 0.15) is 12.0 Å². The Morgan fingerprint density at radius 1 is 1.20 bits per heavy atom. The van der Waals surface area contributed by atoms with Gasteiger partial charge >= 0.3 is 12.1 Å². The first-order valence-corrected chi connectivity index (χ1v) is 11.1. The second-order valence-electron chi connectivity index (χ2n) is 7.17. The Morgan fingerprint density at radius 2 is 1.93 bits per heavy atom. The van der Waals surface area contributed by atoms with E-state index >= 15 is 0 Å². The lowest BCUT2D eigenvalue weighted by Crippen LogP contribution is -2.45. The molecule has 4 rings (SSSR count). The van der Waals surface area contributed by atoms with E-state index < -0.39 is 44.6 Å². The fourth-order valence-corrected chi connectivity index (χ4v) is 5.44. The first kappa shape index (κ1) is 21.0. The van der Waals surface area contributed by atoms with Crippen molar-refractivity contribution in [1.82, 2.24) is 0 Å². The smallest absolute Gasteiger partial charge is 0.416 e. The van der Waals surface area contributed by atoms with Crippen LogP contribution in [0.2, 0.25) is 0 Å². The summed E-state index contributed by atoms with van der Waals surface area (Å²) in [4.78, 5) is 10.7. The van der Waals surface area contributed by atoms with Crippen LogP contribution in [-0.4, -0.2) is 32.1 Å². The van der Waals surface area contributed by atoms with Crippen molar-refractivity contribution >= 4 is 37.6 Å². The lowest BCUT2D eigenvalue weighted by atomic mass is 10.1. The fraction of sp³-hybridized carbons (Fsp3) is 0.316. The molecule has 1 aliphatic carbocycles. The summed E-state index contributed by atoms with van der Waals surface area (Å²) in [5, 5.41) is 9.20. The third-order valence-electron chi connectivity index (χ3n) is 5.20. The van der Waals surface area contributed by atoms with Gasteiger partial charge in [-0.15, -0.1) is 0 Å². The van der Waals surface area contributed by atoms with Crippen molar-refractivity contribution in [3.8, 4) is 5.75 Å². The maximum atomic E-state index is 13.3. The number of aliphatic carboxylic acids is 1. The third kappa shape index (κ3) is 3.76. The number of rotatable bonds is 4. The van der Waals surface area contributed by atoms with Crippen LogP contribution in [0.5, 0.6) is 5.75 Å². The van der Waals surface area contributed by atoms with E-state index in [1.54, 1.807) is 12.1 Å². The Kier molecular flexibility index (Phi) is 5.00. The molecule has 0 unspecified atom stereocenters. The fourth-order valence-electron chi connectivity index (χ4n) is 3.57. The zero-order valence-electron chi connectivity index (χ0n) is 15.1. The molecular formula is C19H15BrF3NO5S. The number of fused-ring (bicyclic) bond motifs is 1. The molecule has 0 spiro atoms. The maximum Gasteiger partial charge on any atom is 0.416 e. The molecule has 1 aliphatic heterocycles. The minimum atomic E-state index is -4.69. The SMILES string of the molecule is O=C(O)[C@@H]1C[C@H]1[C@H]1CN(S(=O)(=O)c2cccc(C(F)(F)F)c2)c2cc(Br)ccc2O1. The molecule has 1 saturated carbocycles. The molecule has 2 aromatic carbocycles. The van der Waals surface area contributed by atoms with Gasteiger partial charge in [-0.1, -0.05) is 22.0 Å². The van der Waals surface area contributed by atoms with E-state index in [4.69, 9.17) is 4.74 Å². The third-order valence-corrected chi connectivity index (χ3v) is 7.47. The van der Waals surface area contributed by atoms with Crippen molar-refractivity contribution in [2.45, 2.75) is 23.6 Å². The molecule has 0 radical (unpaired) electrons. The van der Waals surface area contributed by atoms with Crippen LogP contribution >= 0.6 is 15.9 Å². The average molecular weight is 506 g/mol. The largest absolute Gasteiger partial charge is 0.486 e. The quantitative estimate of drug-likeness (QED) is 0.674. The number of hydrogen-bond donors (Lipinski definition) is 1. The van der Waals surface area contributed by atoms with Gasteiger partial charge in [0.05, 0.1) is 28.6 Å². The van der Waals surface area contributed by atoms with E-state index in [1.807, 2.05) is 0 Å². The molecule has 2 aliphatic rings. The first-order chi connectivity index (χ1) is 14.0. The summed E-state index contributed by atoms with van der Waals surface area (Å²) >= 11 is 3.26. The van der Waals surface area contributed by atoms with Crippen molar-refractivity contribution in [2.24, 2.45) is 11.8 Å². The van der Waals surface area contributed by atoms with Crippen LogP contribution in [0.25, 0.3) is 0 Å². The average Bonchev–Trinajstić information content (AvgIpc) is 3.48. The van der Waals surface area contributed by atoms with Crippen LogP contribution in [0.4, 0.5) is 18.9 Å². The molecule has 3 atom stereocenters. The van der Waals surface area contributed by atoms with Gasteiger partial charge in [0.1, 0.15) is 11.9 Å². The van der Waals surface area contributed by atoms with E-state index in [0.717, 1.165) is 22.5 Å². The Balaban J connectivity index is 1.76. The molecule has 0 saturated heterocycles. The van der Waals surface area contributed by atoms with Gasteiger partial charge in [-0.25, -0.2) is 8.42 Å². The zero-order chi connectivity index (χ0) is 21.8. The summed E-state index contributed by atoms with van der Waals surface area (Å²) in [7, 11) is -4.37. The number of nitrogens with zero attached hydrogens (tertiary/aromatic N) is 1. The highest BCUT2D eigenvalue weighted by molar-refractivity contribution is 9.10. The summed E-state index contributed by atoms with van der Waals surface area (Å²) in [6.07, 6.45) is -5.06. The minimum absolute atomic E-state index is 0.172. The number of anilines is 1. The van der Waals surface area contributed by atoms with Gasteiger partial charge in [0.15, 0.2) is 0 Å².